The van der Waals surface area contributed by atoms with E-state index in [1.807, 2.05) is 0 Å². The van der Waals surface area contributed by atoms with Crippen LogP contribution in [0.4, 0.5) is 5.69 Å². The smallest absolute Gasteiger partial charge is 0.257 e. The molecule has 3 aromatic rings. The van der Waals surface area contributed by atoms with Gasteiger partial charge in [0.2, 0.25) is 0 Å². The molecule has 0 fully saturated rings. The van der Waals surface area contributed by atoms with Gasteiger partial charge in [0.15, 0.2) is 5.82 Å². The molecule has 6 nitrogen and oxygen atoms in total. The summed E-state index contributed by atoms with van der Waals surface area (Å²) >= 11 is 3.38. The molecule has 1 N–H and O–H groups in total. The van der Waals surface area contributed by atoms with Crippen LogP contribution in [-0.2, 0) is 0 Å². The third kappa shape index (κ3) is 3.24. The van der Waals surface area contributed by atoms with Crippen LogP contribution in [0.3, 0.4) is 0 Å². The van der Waals surface area contributed by atoms with Gasteiger partial charge in [0.05, 0.1) is 18.4 Å². The number of nitrogens with zero attached hydrogens (tertiary/aromatic N) is 3. The summed E-state index contributed by atoms with van der Waals surface area (Å²) in [6.45, 7) is 0. The average Bonchev–Trinajstić information content (AvgIpc) is 3.10. The molecule has 0 atom stereocenters. The van der Waals surface area contributed by atoms with Gasteiger partial charge in [-0.3, -0.25) is 4.79 Å². The number of nitrogens with one attached hydrogen (secondary N) is 1. The number of rotatable bonds is 4. The Balaban J connectivity index is 1.93. The molecule has 3 rings (SSSR count). The molecule has 1 amide bonds. The molecule has 2 heterocycles. The number of methoxy groups -OCH3 is 1. The Morgan fingerprint density at radius 3 is 2.87 bits per heavy atom. The van der Waals surface area contributed by atoms with Gasteiger partial charge in [-0.25, -0.2) is 9.67 Å². The zero-order valence-corrected chi connectivity index (χ0v) is 13.8. The molecular formula is C16H13BrN4O2. The third-order valence-electron chi connectivity index (χ3n) is 3.17. The van der Waals surface area contributed by atoms with Crippen molar-refractivity contribution in [3.05, 3.63) is 65.0 Å². The van der Waals surface area contributed by atoms with Crippen LogP contribution >= 0.6 is 15.9 Å². The van der Waals surface area contributed by atoms with Crippen molar-refractivity contribution in [3.63, 3.8) is 0 Å². The minimum atomic E-state index is -0.266. The van der Waals surface area contributed by atoms with Crippen LogP contribution in [-0.4, -0.2) is 27.8 Å². The molecule has 0 spiro atoms. The highest BCUT2D eigenvalue weighted by Crippen LogP contribution is 2.24. The number of amides is 1. The Labute approximate surface area is 141 Å². The Morgan fingerprint density at radius 1 is 1.26 bits per heavy atom. The molecule has 7 heteroatoms. The van der Waals surface area contributed by atoms with Gasteiger partial charge in [0.25, 0.3) is 5.91 Å². The van der Waals surface area contributed by atoms with Crippen LogP contribution in [0, 0.1) is 0 Å². The van der Waals surface area contributed by atoms with E-state index < -0.39 is 0 Å². The van der Waals surface area contributed by atoms with Crippen LogP contribution in [0.25, 0.3) is 5.82 Å². The lowest BCUT2D eigenvalue weighted by Gasteiger charge is -2.11. The second-order valence-electron chi connectivity index (χ2n) is 4.63. The second-order valence-corrected chi connectivity index (χ2v) is 5.48. The molecule has 0 unspecified atom stereocenters. The lowest BCUT2D eigenvalue weighted by molar-refractivity contribution is 0.102. The first-order valence-electron chi connectivity index (χ1n) is 6.79. The number of hydrogen-bond acceptors (Lipinski definition) is 4. The van der Waals surface area contributed by atoms with Gasteiger partial charge in [0.1, 0.15) is 5.75 Å². The molecular weight excluding hydrogens is 360 g/mol. The molecule has 23 heavy (non-hydrogen) atoms. The number of anilines is 1. The number of halogens is 1. The quantitative estimate of drug-likeness (QED) is 0.762. The van der Waals surface area contributed by atoms with Crippen molar-refractivity contribution < 1.29 is 9.53 Å². The number of carbonyl (C=O) groups is 1. The monoisotopic (exact) mass is 372 g/mol. The molecule has 0 aliphatic carbocycles. The van der Waals surface area contributed by atoms with Gasteiger partial charge >= 0.3 is 0 Å². The van der Waals surface area contributed by atoms with Crippen molar-refractivity contribution in [1.29, 1.82) is 0 Å². The fourth-order valence-corrected chi connectivity index (χ4v) is 2.49. The molecule has 0 saturated carbocycles. The maximum Gasteiger partial charge on any atom is 0.257 e. The molecule has 0 bridgehead atoms. The first kappa shape index (κ1) is 15.2. The number of benzene rings is 1. The van der Waals surface area contributed by atoms with Crippen LogP contribution in [0.1, 0.15) is 10.4 Å². The van der Waals surface area contributed by atoms with Gasteiger partial charge < -0.3 is 10.1 Å². The highest BCUT2D eigenvalue weighted by Gasteiger charge is 2.14. The van der Waals surface area contributed by atoms with Crippen LogP contribution in [0.5, 0.6) is 5.75 Å². The SMILES string of the molecule is COc1ccc(Br)c(C(=O)Nc2cccnc2-n2cccn2)c1. The van der Waals surface area contributed by atoms with E-state index in [9.17, 15) is 4.79 Å². The van der Waals surface area contributed by atoms with E-state index in [0.29, 0.717) is 27.3 Å². The topological polar surface area (TPSA) is 69.0 Å². The molecule has 1 aromatic carbocycles. The van der Waals surface area contributed by atoms with E-state index >= 15 is 0 Å². The highest BCUT2D eigenvalue weighted by molar-refractivity contribution is 9.10. The van der Waals surface area contributed by atoms with Gasteiger partial charge in [-0.05, 0) is 52.3 Å². The maximum absolute atomic E-state index is 12.6. The summed E-state index contributed by atoms with van der Waals surface area (Å²) in [5.41, 5.74) is 1.04. The van der Waals surface area contributed by atoms with E-state index in [4.69, 9.17) is 4.74 Å². The van der Waals surface area contributed by atoms with Crippen LogP contribution in [0.15, 0.2) is 59.5 Å². The maximum atomic E-state index is 12.6. The molecule has 116 valence electrons. The van der Waals surface area contributed by atoms with E-state index in [1.165, 1.54) is 0 Å². The van der Waals surface area contributed by atoms with E-state index in [0.717, 1.165) is 0 Å². The minimum Gasteiger partial charge on any atom is -0.497 e. The Bertz CT molecular complexity index is 834. The van der Waals surface area contributed by atoms with E-state index in [2.05, 4.69) is 31.3 Å². The van der Waals surface area contributed by atoms with Crippen molar-refractivity contribution in [2.75, 3.05) is 12.4 Å². The second kappa shape index (κ2) is 6.62. The molecule has 0 aliphatic heterocycles. The number of aromatic nitrogens is 3. The summed E-state index contributed by atoms with van der Waals surface area (Å²) in [6, 6.07) is 10.5. The molecule has 0 radical (unpaired) electrons. The van der Waals surface area contributed by atoms with Gasteiger partial charge in [-0.15, -0.1) is 0 Å². The fraction of sp³-hybridized carbons (Fsp3) is 0.0625. The summed E-state index contributed by atoms with van der Waals surface area (Å²) in [6.07, 6.45) is 5.06. The van der Waals surface area contributed by atoms with Gasteiger partial charge in [-0.1, -0.05) is 0 Å². The first-order chi connectivity index (χ1) is 11.2. The van der Waals surface area contributed by atoms with Crippen molar-refractivity contribution >= 4 is 27.5 Å². The van der Waals surface area contributed by atoms with Crippen molar-refractivity contribution in [3.8, 4) is 11.6 Å². The average molecular weight is 373 g/mol. The Hall–Kier alpha value is -2.67. The summed E-state index contributed by atoms with van der Waals surface area (Å²) in [5.74, 6) is 0.888. The molecule has 2 aromatic heterocycles. The van der Waals surface area contributed by atoms with Crippen molar-refractivity contribution in [1.82, 2.24) is 14.8 Å². The van der Waals surface area contributed by atoms with E-state index in [1.54, 1.807) is 66.8 Å². The molecule has 0 aliphatic rings. The summed E-state index contributed by atoms with van der Waals surface area (Å²) < 4.78 is 7.44. The fourth-order valence-electron chi connectivity index (χ4n) is 2.07. The van der Waals surface area contributed by atoms with Gasteiger partial charge in [0, 0.05) is 23.1 Å². The van der Waals surface area contributed by atoms with Crippen LogP contribution < -0.4 is 10.1 Å². The minimum absolute atomic E-state index is 0.266. The number of carbonyl (C=O) groups excluding carboxylic acids is 1. The normalized spacial score (nSPS) is 10.3. The first-order valence-corrected chi connectivity index (χ1v) is 7.58. The lowest BCUT2D eigenvalue weighted by atomic mass is 10.2. The standard InChI is InChI=1S/C16H13BrN4O2/c1-23-11-5-6-13(17)12(10-11)16(22)20-14-4-2-7-18-15(14)21-9-3-8-19-21/h2-10H,1H3,(H,20,22). The van der Waals surface area contributed by atoms with Crippen LogP contribution in [0.2, 0.25) is 0 Å². The van der Waals surface area contributed by atoms with Gasteiger partial charge in [-0.2, -0.15) is 5.10 Å². The van der Waals surface area contributed by atoms with Crippen molar-refractivity contribution in [2.24, 2.45) is 0 Å². The van der Waals surface area contributed by atoms with E-state index in [-0.39, 0.29) is 5.91 Å². The number of ether oxygens (including phenoxy) is 1. The largest absolute Gasteiger partial charge is 0.497 e. The number of pyridine rings is 1. The Kier molecular flexibility index (Phi) is 4.38. The summed E-state index contributed by atoms with van der Waals surface area (Å²) in [5, 5.41) is 7.01. The predicted octanol–water partition coefficient (Wildman–Crippen LogP) is 3.29. The third-order valence-corrected chi connectivity index (χ3v) is 3.87. The summed E-state index contributed by atoms with van der Waals surface area (Å²) in [7, 11) is 1.56. The number of hydrogen-bond donors (Lipinski definition) is 1. The van der Waals surface area contributed by atoms with Crippen molar-refractivity contribution in [2.45, 2.75) is 0 Å². The summed E-state index contributed by atoms with van der Waals surface area (Å²) in [4.78, 5) is 16.8. The zero-order chi connectivity index (χ0) is 16.2. The Morgan fingerprint density at radius 2 is 2.13 bits per heavy atom. The predicted molar refractivity (Wildman–Crippen MR) is 90.0 cm³/mol. The highest BCUT2D eigenvalue weighted by atomic mass is 79.9. The molecule has 0 saturated heterocycles. The zero-order valence-electron chi connectivity index (χ0n) is 12.2. The lowest BCUT2D eigenvalue weighted by Crippen LogP contribution is -2.15.